The van der Waals surface area contributed by atoms with Gasteiger partial charge in [-0.3, -0.25) is 11.3 Å². The van der Waals surface area contributed by atoms with Crippen LogP contribution in [0.3, 0.4) is 0 Å². The van der Waals surface area contributed by atoms with Crippen LogP contribution >= 0.6 is 11.6 Å². The van der Waals surface area contributed by atoms with Crippen molar-refractivity contribution in [3.8, 4) is 11.5 Å². The molecule has 0 bridgehead atoms. The van der Waals surface area contributed by atoms with Crippen LogP contribution in [0, 0.1) is 5.92 Å². The fourth-order valence-electron chi connectivity index (χ4n) is 1.91. The summed E-state index contributed by atoms with van der Waals surface area (Å²) >= 11 is 6.18. The number of hydrogen-bond acceptors (Lipinski definition) is 4. The van der Waals surface area contributed by atoms with E-state index in [2.05, 4.69) is 19.3 Å². The molecule has 4 nitrogen and oxygen atoms in total. The lowest BCUT2D eigenvalue weighted by atomic mass is 9.97. The van der Waals surface area contributed by atoms with Crippen molar-refractivity contribution in [3.63, 3.8) is 0 Å². The van der Waals surface area contributed by atoms with Gasteiger partial charge in [-0.15, -0.1) is 0 Å². The van der Waals surface area contributed by atoms with Crippen molar-refractivity contribution < 1.29 is 9.47 Å². The van der Waals surface area contributed by atoms with Gasteiger partial charge in [-0.25, -0.2) is 0 Å². The van der Waals surface area contributed by atoms with E-state index in [9.17, 15) is 0 Å². The lowest BCUT2D eigenvalue weighted by Gasteiger charge is -2.20. The third kappa shape index (κ3) is 3.51. The first-order valence-corrected chi connectivity index (χ1v) is 6.28. The molecule has 0 aliphatic carbocycles. The summed E-state index contributed by atoms with van der Waals surface area (Å²) in [6.07, 6.45) is 0.919. The Kier molecular flexibility index (Phi) is 5.72. The van der Waals surface area contributed by atoms with Gasteiger partial charge in [0.15, 0.2) is 11.5 Å². The maximum atomic E-state index is 6.18. The van der Waals surface area contributed by atoms with Gasteiger partial charge in [0.1, 0.15) is 0 Å². The van der Waals surface area contributed by atoms with Gasteiger partial charge < -0.3 is 9.47 Å². The molecule has 0 amide bonds. The Balaban J connectivity index is 3.12. The maximum Gasteiger partial charge on any atom is 0.179 e. The quantitative estimate of drug-likeness (QED) is 0.618. The van der Waals surface area contributed by atoms with Crippen molar-refractivity contribution in [1.82, 2.24) is 5.43 Å². The molecular formula is C13H21ClN2O2. The zero-order valence-electron chi connectivity index (χ0n) is 11.3. The number of nitrogens with one attached hydrogen (secondary N) is 1. The van der Waals surface area contributed by atoms with E-state index in [1.807, 2.05) is 12.1 Å². The summed E-state index contributed by atoms with van der Waals surface area (Å²) in [7, 11) is 3.15. The van der Waals surface area contributed by atoms with Gasteiger partial charge in [-0.1, -0.05) is 25.4 Å². The summed E-state index contributed by atoms with van der Waals surface area (Å²) in [5, 5.41) is 0.524. The molecule has 0 spiro atoms. The first kappa shape index (κ1) is 15.1. The van der Waals surface area contributed by atoms with Gasteiger partial charge in [0.25, 0.3) is 0 Å². The van der Waals surface area contributed by atoms with Gasteiger partial charge in [-0.2, -0.15) is 0 Å². The second-order valence-electron chi connectivity index (χ2n) is 4.59. The normalized spacial score (nSPS) is 12.6. The Labute approximate surface area is 113 Å². The first-order valence-electron chi connectivity index (χ1n) is 5.91. The van der Waals surface area contributed by atoms with Crippen molar-refractivity contribution in [3.05, 3.63) is 22.7 Å². The second kappa shape index (κ2) is 6.83. The summed E-state index contributed by atoms with van der Waals surface area (Å²) in [5.41, 5.74) is 3.80. The predicted molar refractivity (Wildman–Crippen MR) is 74.1 cm³/mol. The number of hydrazine groups is 1. The van der Waals surface area contributed by atoms with Crippen LogP contribution in [0.15, 0.2) is 12.1 Å². The zero-order valence-corrected chi connectivity index (χ0v) is 12.0. The topological polar surface area (TPSA) is 56.5 Å². The third-order valence-corrected chi connectivity index (χ3v) is 3.05. The number of ether oxygens (including phenoxy) is 2. The van der Waals surface area contributed by atoms with Crippen LogP contribution < -0.4 is 20.7 Å². The summed E-state index contributed by atoms with van der Waals surface area (Å²) in [5.74, 6) is 7.29. The molecule has 0 saturated heterocycles. The fraction of sp³-hybridized carbons (Fsp3) is 0.538. The molecule has 1 unspecified atom stereocenters. The molecule has 0 saturated carbocycles. The van der Waals surface area contributed by atoms with Crippen LogP contribution in [0.2, 0.25) is 5.02 Å². The predicted octanol–water partition coefficient (Wildman–Crippen LogP) is 2.91. The molecule has 1 aromatic rings. The molecule has 1 rings (SSSR count). The number of hydrogen-bond donors (Lipinski definition) is 2. The van der Waals surface area contributed by atoms with Crippen LogP contribution in [0.1, 0.15) is 31.9 Å². The first-order chi connectivity index (χ1) is 8.53. The molecule has 1 aromatic carbocycles. The molecule has 5 heteroatoms. The minimum Gasteiger partial charge on any atom is -0.493 e. The molecule has 0 fully saturated rings. The number of halogens is 1. The zero-order chi connectivity index (χ0) is 13.7. The monoisotopic (exact) mass is 272 g/mol. The van der Waals surface area contributed by atoms with Crippen LogP contribution in [-0.2, 0) is 0 Å². The van der Waals surface area contributed by atoms with Crippen molar-refractivity contribution in [1.29, 1.82) is 0 Å². The van der Waals surface area contributed by atoms with Gasteiger partial charge in [0, 0.05) is 6.04 Å². The third-order valence-electron chi connectivity index (χ3n) is 2.77. The fourth-order valence-corrected chi connectivity index (χ4v) is 2.21. The Morgan fingerprint density at radius 1 is 1.28 bits per heavy atom. The van der Waals surface area contributed by atoms with Gasteiger partial charge in [0.2, 0.25) is 0 Å². The van der Waals surface area contributed by atoms with E-state index in [1.54, 1.807) is 14.2 Å². The Hall–Kier alpha value is -0.970. The Morgan fingerprint density at radius 3 is 2.39 bits per heavy atom. The summed E-state index contributed by atoms with van der Waals surface area (Å²) in [4.78, 5) is 0. The largest absolute Gasteiger partial charge is 0.493 e. The molecule has 0 heterocycles. The average molecular weight is 273 g/mol. The van der Waals surface area contributed by atoms with E-state index in [1.165, 1.54) is 0 Å². The van der Waals surface area contributed by atoms with Gasteiger partial charge in [-0.05, 0) is 30.0 Å². The smallest absolute Gasteiger partial charge is 0.179 e. The second-order valence-corrected chi connectivity index (χ2v) is 4.99. The molecule has 0 radical (unpaired) electrons. The highest BCUT2D eigenvalue weighted by Gasteiger charge is 2.17. The number of rotatable bonds is 6. The molecule has 0 aliphatic rings. The maximum absolute atomic E-state index is 6.18. The van der Waals surface area contributed by atoms with Crippen molar-refractivity contribution in [2.24, 2.45) is 11.8 Å². The van der Waals surface area contributed by atoms with Crippen LogP contribution in [0.4, 0.5) is 0 Å². The van der Waals surface area contributed by atoms with Crippen molar-refractivity contribution in [2.45, 2.75) is 26.3 Å². The highest BCUT2D eigenvalue weighted by molar-refractivity contribution is 6.32. The van der Waals surface area contributed by atoms with E-state index in [4.69, 9.17) is 26.9 Å². The van der Waals surface area contributed by atoms with E-state index in [-0.39, 0.29) is 6.04 Å². The summed E-state index contributed by atoms with van der Waals surface area (Å²) < 4.78 is 10.5. The summed E-state index contributed by atoms with van der Waals surface area (Å²) in [6, 6.07) is 3.80. The Bertz CT molecular complexity index is 397. The molecular weight excluding hydrogens is 252 g/mol. The number of benzene rings is 1. The lowest BCUT2D eigenvalue weighted by Crippen LogP contribution is -2.29. The highest BCUT2D eigenvalue weighted by Crippen LogP contribution is 2.38. The average Bonchev–Trinajstić information content (AvgIpc) is 2.34. The number of methoxy groups -OCH3 is 2. The van der Waals surface area contributed by atoms with E-state index in [0.29, 0.717) is 22.4 Å². The van der Waals surface area contributed by atoms with E-state index in [0.717, 1.165) is 12.0 Å². The lowest BCUT2D eigenvalue weighted by molar-refractivity contribution is 0.353. The molecule has 3 N–H and O–H groups in total. The van der Waals surface area contributed by atoms with Gasteiger partial charge >= 0.3 is 0 Å². The molecule has 102 valence electrons. The van der Waals surface area contributed by atoms with Crippen molar-refractivity contribution >= 4 is 11.6 Å². The highest BCUT2D eigenvalue weighted by atomic mass is 35.5. The number of nitrogens with two attached hydrogens (primary N) is 1. The SMILES string of the molecule is COc1cc(C(CC(C)C)NN)cc(Cl)c1OC. The van der Waals surface area contributed by atoms with Crippen LogP contribution in [0.5, 0.6) is 11.5 Å². The minimum absolute atomic E-state index is 0.0438. The van der Waals surface area contributed by atoms with Crippen LogP contribution in [0.25, 0.3) is 0 Å². The standard InChI is InChI=1S/C13H21ClN2O2/c1-8(2)5-11(16-15)9-6-10(14)13(18-4)12(7-9)17-3/h6-8,11,16H,5,15H2,1-4H3. The molecule has 18 heavy (non-hydrogen) atoms. The van der Waals surface area contributed by atoms with Gasteiger partial charge in [0.05, 0.1) is 19.2 Å². The minimum atomic E-state index is 0.0438. The van der Waals surface area contributed by atoms with E-state index < -0.39 is 0 Å². The van der Waals surface area contributed by atoms with E-state index >= 15 is 0 Å². The van der Waals surface area contributed by atoms with Crippen molar-refractivity contribution in [2.75, 3.05) is 14.2 Å². The summed E-state index contributed by atoms with van der Waals surface area (Å²) in [6.45, 7) is 4.29. The van der Waals surface area contributed by atoms with Crippen LogP contribution in [-0.4, -0.2) is 14.2 Å². The Morgan fingerprint density at radius 2 is 1.94 bits per heavy atom. The molecule has 0 aromatic heterocycles. The molecule has 1 atom stereocenters. The molecule has 0 aliphatic heterocycles.